The number of halogens is 3. The largest absolute Gasteiger partial charge is 0.491 e. The van der Waals surface area contributed by atoms with Crippen LogP contribution in [0.2, 0.25) is 0 Å². The summed E-state index contributed by atoms with van der Waals surface area (Å²) in [7, 11) is 0. The third-order valence-electron chi connectivity index (χ3n) is 2.96. The SMILES string of the molecule is Cc1ccc(OCCN)c(C(=O)NCc2nc(C(F)(F)F)n[nH]2)c1. The number of carbonyl (C=O) groups excluding carboxylic acids is 1. The number of carbonyl (C=O) groups is 1. The van der Waals surface area contributed by atoms with E-state index < -0.39 is 17.9 Å². The van der Waals surface area contributed by atoms with Crippen molar-refractivity contribution in [1.82, 2.24) is 20.5 Å². The van der Waals surface area contributed by atoms with Crippen LogP contribution < -0.4 is 15.8 Å². The lowest BCUT2D eigenvalue weighted by atomic mass is 10.1. The summed E-state index contributed by atoms with van der Waals surface area (Å²) in [5.74, 6) is -1.55. The first-order valence-electron chi connectivity index (χ1n) is 7.01. The lowest BCUT2D eigenvalue weighted by Crippen LogP contribution is -2.24. The van der Waals surface area contributed by atoms with Gasteiger partial charge in [-0.3, -0.25) is 9.89 Å². The first-order chi connectivity index (χ1) is 11.3. The van der Waals surface area contributed by atoms with E-state index in [0.29, 0.717) is 5.75 Å². The predicted octanol–water partition coefficient (Wildman–Crippen LogP) is 1.40. The van der Waals surface area contributed by atoms with Crippen LogP contribution in [0.4, 0.5) is 13.2 Å². The Balaban J connectivity index is 2.07. The van der Waals surface area contributed by atoms with Crippen LogP contribution in [-0.4, -0.2) is 34.2 Å². The van der Waals surface area contributed by atoms with Crippen molar-refractivity contribution in [3.05, 3.63) is 41.0 Å². The highest BCUT2D eigenvalue weighted by atomic mass is 19.4. The molecule has 0 aliphatic rings. The maximum absolute atomic E-state index is 12.4. The van der Waals surface area contributed by atoms with E-state index in [2.05, 4.69) is 20.5 Å². The summed E-state index contributed by atoms with van der Waals surface area (Å²) in [5, 5.41) is 7.67. The highest BCUT2D eigenvalue weighted by Crippen LogP contribution is 2.25. The zero-order valence-corrected chi connectivity index (χ0v) is 12.8. The molecule has 0 spiro atoms. The monoisotopic (exact) mass is 343 g/mol. The molecular weight excluding hydrogens is 327 g/mol. The number of nitrogens with one attached hydrogen (secondary N) is 2. The van der Waals surface area contributed by atoms with Gasteiger partial charge in [-0.1, -0.05) is 11.6 Å². The number of hydrogen-bond acceptors (Lipinski definition) is 5. The van der Waals surface area contributed by atoms with Gasteiger partial charge in [-0.25, -0.2) is 4.98 Å². The zero-order chi connectivity index (χ0) is 17.7. The van der Waals surface area contributed by atoms with E-state index in [1.165, 1.54) is 0 Å². The van der Waals surface area contributed by atoms with Gasteiger partial charge in [0.2, 0.25) is 0 Å². The van der Waals surface area contributed by atoms with E-state index >= 15 is 0 Å². The van der Waals surface area contributed by atoms with Crippen LogP contribution in [-0.2, 0) is 12.7 Å². The summed E-state index contributed by atoms with van der Waals surface area (Å²) in [5.41, 5.74) is 6.46. The van der Waals surface area contributed by atoms with Crippen LogP contribution in [0.15, 0.2) is 18.2 Å². The highest BCUT2D eigenvalue weighted by Gasteiger charge is 2.36. The molecule has 130 valence electrons. The van der Waals surface area contributed by atoms with Crippen molar-refractivity contribution >= 4 is 5.91 Å². The molecule has 0 fully saturated rings. The number of hydrogen-bond donors (Lipinski definition) is 3. The molecule has 0 atom stereocenters. The first kappa shape index (κ1) is 17.7. The number of amides is 1. The van der Waals surface area contributed by atoms with Gasteiger partial charge < -0.3 is 15.8 Å². The molecule has 4 N–H and O–H groups in total. The lowest BCUT2D eigenvalue weighted by Gasteiger charge is -2.11. The zero-order valence-electron chi connectivity index (χ0n) is 12.8. The number of benzene rings is 1. The summed E-state index contributed by atoms with van der Waals surface area (Å²) in [6, 6.07) is 5.02. The standard InChI is InChI=1S/C14H16F3N5O2/c1-8-2-3-10(24-5-4-18)9(6-8)12(23)19-7-11-20-13(22-21-11)14(15,16)17/h2-3,6H,4-5,7,18H2,1H3,(H,19,23)(H,20,21,22). The van der Waals surface area contributed by atoms with Crippen molar-refractivity contribution in [3.8, 4) is 5.75 Å². The number of nitrogens with zero attached hydrogens (tertiary/aromatic N) is 2. The van der Waals surface area contributed by atoms with E-state index in [9.17, 15) is 18.0 Å². The Labute approximate surface area is 135 Å². The van der Waals surface area contributed by atoms with Crippen LogP contribution in [0, 0.1) is 6.92 Å². The summed E-state index contributed by atoms with van der Waals surface area (Å²) in [6.07, 6.45) is -4.64. The normalized spacial score (nSPS) is 11.4. The maximum Gasteiger partial charge on any atom is 0.453 e. The number of rotatable bonds is 6. The van der Waals surface area contributed by atoms with E-state index in [0.717, 1.165) is 5.56 Å². The molecule has 0 aliphatic carbocycles. The van der Waals surface area contributed by atoms with Crippen LogP contribution in [0.3, 0.4) is 0 Å². The van der Waals surface area contributed by atoms with Gasteiger partial charge in [-0.15, -0.1) is 5.10 Å². The Bertz CT molecular complexity index is 715. The topological polar surface area (TPSA) is 106 Å². The van der Waals surface area contributed by atoms with Crippen molar-refractivity contribution < 1.29 is 22.7 Å². The van der Waals surface area contributed by atoms with Gasteiger partial charge >= 0.3 is 6.18 Å². The van der Waals surface area contributed by atoms with E-state index in [4.69, 9.17) is 10.5 Å². The van der Waals surface area contributed by atoms with Gasteiger partial charge in [0.1, 0.15) is 18.2 Å². The molecule has 7 nitrogen and oxygen atoms in total. The third kappa shape index (κ3) is 4.44. The van der Waals surface area contributed by atoms with E-state index in [1.807, 2.05) is 0 Å². The van der Waals surface area contributed by atoms with E-state index in [1.54, 1.807) is 25.1 Å². The molecule has 0 unspecified atom stereocenters. The minimum Gasteiger partial charge on any atom is -0.491 e. The van der Waals surface area contributed by atoms with Gasteiger partial charge in [0, 0.05) is 6.54 Å². The summed E-state index contributed by atoms with van der Waals surface area (Å²) < 4.78 is 42.7. The summed E-state index contributed by atoms with van der Waals surface area (Å²) in [4.78, 5) is 15.5. The fourth-order valence-electron chi connectivity index (χ4n) is 1.88. The quantitative estimate of drug-likeness (QED) is 0.735. The number of alkyl halides is 3. The van der Waals surface area contributed by atoms with E-state index in [-0.39, 0.29) is 31.1 Å². The van der Waals surface area contributed by atoms with Gasteiger partial charge in [-0.05, 0) is 19.1 Å². The molecule has 1 amide bonds. The fraction of sp³-hybridized carbons (Fsp3) is 0.357. The maximum atomic E-state index is 12.4. The number of nitrogens with two attached hydrogens (primary N) is 1. The Hall–Kier alpha value is -2.62. The number of aromatic nitrogens is 3. The van der Waals surface area contributed by atoms with Gasteiger partial charge in [-0.2, -0.15) is 13.2 Å². The Morgan fingerprint density at radius 1 is 1.42 bits per heavy atom. The molecule has 24 heavy (non-hydrogen) atoms. The van der Waals surface area contributed by atoms with Crippen LogP contribution >= 0.6 is 0 Å². The molecular formula is C14H16F3N5O2. The van der Waals surface area contributed by atoms with Gasteiger partial charge in [0.25, 0.3) is 11.7 Å². The number of H-pyrrole nitrogens is 1. The second-order valence-electron chi connectivity index (χ2n) is 4.92. The van der Waals surface area contributed by atoms with Crippen molar-refractivity contribution in [2.45, 2.75) is 19.6 Å². The average molecular weight is 343 g/mol. The molecule has 2 rings (SSSR count). The molecule has 0 radical (unpaired) electrons. The van der Waals surface area contributed by atoms with Crippen molar-refractivity contribution in [1.29, 1.82) is 0 Å². The van der Waals surface area contributed by atoms with Crippen LogP contribution in [0.1, 0.15) is 27.6 Å². The second-order valence-corrected chi connectivity index (χ2v) is 4.92. The molecule has 0 saturated carbocycles. The number of aryl methyl sites for hydroxylation is 1. The molecule has 1 aromatic heterocycles. The van der Waals surface area contributed by atoms with Gasteiger partial charge in [0.15, 0.2) is 0 Å². The molecule has 2 aromatic rings. The third-order valence-corrected chi connectivity index (χ3v) is 2.96. The Morgan fingerprint density at radius 2 is 2.17 bits per heavy atom. The number of aromatic amines is 1. The fourth-order valence-corrected chi connectivity index (χ4v) is 1.88. The smallest absolute Gasteiger partial charge is 0.453 e. The lowest BCUT2D eigenvalue weighted by molar-refractivity contribution is -0.144. The first-order valence-corrected chi connectivity index (χ1v) is 7.01. The average Bonchev–Trinajstić information content (AvgIpc) is 3.00. The predicted molar refractivity (Wildman–Crippen MR) is 78.3 cm³/mol. The van der Waals surface area contributed by atoms with Crippen LogP contribution in [0.25, 0.3) is 0 Å². The molecule has 1 heterocycles. The molecule has 0 bridgehead atoms. The number of ether oxygens (including phenoxy) is 1. The van der Waals surface area contributed by atoms with Crippen molar-refractivity contribution in [2.24, 2.45) is 5.73 Å². The molecule has 10 heteroatoms. The molecule has 0 aliphatic heterocycles. The molecule has 0 saturated heterocycles. The Kier molecular flexibility index (Phi) is 5.39. The minimum atomic E-state index is -4.64. The summed E-state index contributed by atoms with van der Waals surface area (Å²) in [6.45, 7) is 2.09. The summed E-state index contributed by atoms with van der Waals surface area (Å²) >= 11 is 0. The Morgan fingerprint density at radius 3 is 2.79 bits per heavy atom. The van der Waals surface area contributed by atoms with Gasteiger partial charge in [0.05, 0.1) is 12.1 Å². The highest BCUT2D eigenvalue weighted by molar-refractivity contribution is 5.97. The second kappa shape index (κ2) is 7.30. The van der Waals surface area contributed by atoms with Crippen molar-refractivity contribution in [3.63, 3.8) is 0 Å². The molecule has 1 aromatic carbocycles. The minimum absolute atomic E-state index is 0.104. The van der Waals surface area contributed by atoms with Crippen molar-refractivity contribution in [2.75, 3.05) is 13.2 Å². The van der Waals surface area contributed by atoms with Crippen LogP contribution in [0.5, 0.6) is 5.75 Å².